The lowest BCUT2D eigenvalue weighted by molar-refractivity contribution is -0.145. The van der Waals surface area contributed by atoms with E-state index in [4.69, 9.17) is 5.21 Å². The third kappa shape index (κ3) is 2.18. The molecule has 0 aromatic heterocycles. The van der Waals surface area contributed by atoms with Gasteiger partial charge in [0.15, 0.2) is 0 Å². The number of hydrogen-bond donors (Lipinski definition) is 2. The van der Waals surface area contributed by atoms with Gasteiger partial charge in [-0.25, -0.2) is 5.48 Å². The third-order valence-electron chi connectivity index (χ3n) is 2.45. The first-order valence-corrected chi connectivity index (χ1v) is 4.20. The van der Waals surface area contributed by atoms with Crippen LogP contribution in [0, 0.1) is 11.8 Å². The Morgan fingerprint density at radius 2 is 2.00 bits per heavy atom. The summed E-state index contributed by atoms with van der Waals surface area (Å²) in [6, 6.07) is 0. The molecule has 2 N–H and O–H groups in total. The summed E-state index contributed by atoms with van der Waals surface area (Å²) in [7, 11) is 1.34. The highest BCUT2D eigenvalue weighted by molar-refractivity contribution is 5.80. The van der Waals surface area contributed by atoms with Gasteiger partial charge < -0.3 is 4.74 Å². The van der Waals surface area contributed by atoms with Gasteiger partial charge in [-0.1, -0.05) is 0 Å². The lowest BCUT2D eigenvalue weighted by Gasteiger charge is -2.07. The Labute approximate surface area is 76.0 Å². The molecular formula is C8H13NO4. The fourth-order valence-electron chi connectivity index (χ4n) is 1.69. The van der Waals surface area contributed by atoms with Crippen molar-refractivity contribution in [3.8, 4) is 0 Å². The molecule has 0 saturated heterocycles. The van der Waals surface area contributed by atoms with E-state index in [0.29, 0.717) is 19.3 Å². The topological polar surface area (TPSA) is 75.6 Å². The van der Waals surface area contributed by atoms with Crippen molar-refractivity contribution in [3.05, 3.63) is 0 Å². The minimum Gasteiger partial charge on any atom is -0.469 e. The second kappa shape index (κ2) is 4.23. The number of hydrogen-bond acceptors (Lipinski definition) is 4. The number of carbonyl (C=O) groups excluding carboxylic acids is 2. The first-order valence-electron chi connectivity index (χ1n) is 4.20. The van der Waals surface area contributed by atoms with Crippen LogP contribution in [0.5, 0.6) is 0 Å². The molecule has 1 aliphatic rings. The number of rotatable bonds is 2. The Morgan fingerprint density at radius 3 is 2.54 bits per heavy atom. The minimum atomic E-state index is -0.411. The van der Waals surface area contributed by atoms with Crippen LogP contribution < -0.4 is 5.48 Å². The molecule has 0 heterocycles. The molecule has 0 unspecified atom stereocenters. The van der Waals surface area contributed by atoms with Gasteiger partial charge in [0, 0.05) is 5.92 Å². The van der Waals surface area contributed by atoms with E-state index in [-0.39, 0.29) is 17.8 Å². The van der Waals surface area contributed by atoms with Crippen LogP contribution in [0.15, 0.2) is 0 Å². The zero-order chi connectivity index (χ0) is 9.84. The van der Waals surface area contributed by atoms with E-state index < -0.39 is 5.91 Å². The van der Waals surface area contributed by atoms with Crippen molar-refractivity contribution < 1.29 is 19.5 Å². The third-order valence-corrected chi connectivity index (χ3v) is 2.45. The predicted octanol–water partition coefficient (Wildman–Crippen LogP) is 0.0811. The van der Waals surface area contributed by atoms with E-state index in [1.165, 1.54) is 7.11 Å². The summed E-state index contributed by atoms with van der Waals surface area (Å²) in [6.07, 6.45) is 1.76. The molecule has 74 valence electrons. The molecule has 5 heteroatoms. The maximum Gasteiger partial charge on any atom is 0.308 e. The largest absolute Gasteiger partial charge is 0.469 e. The quantitative estimate of drug-likeness (QED) is 0.364. The summed E-state index contributed by atoms with van der Waals surface area (Å²) in [5, 5.41) is 8.36. The molecule has 0 radical (unpaired) electrons. The van der Waals surface area contributed by atoms with Crippen molar-refractivity contribution in [2.45, 2.75) is 19.3 Å². The fraction of sp³-hybridized carbons (Fsp3) is 0.750. The monoisotopic (exact) mass is 187 g/mol. The number of esters is 1. The van der Waals surface area contributed by atoms with Crippen LogP contribution in [0.1, 0.15) is 19.3 Å². The summed E-state index contributed by atoms with van der Waals surface area (Å²) >= 11 is 0. The van der Waals surface area contributed by atoms with Gasteiger partial charge in [-0.05, 0) is 19.3 Å². The maximum absolute atomic E-state index is 11.1. The molecule has 0 aliphatic heterocycles. The second-order valence-electron chi connectivity index (χ2n) is 3.21. The van der Waals surface area contributed by atoms with Crippen LogP contribution in [0.2, 0.25) is 0 Å². The molecule has 1 saturated carbocycles. The summed E-state index contributed by atoms with van der Waals surface area (Å²) < 4.78 is 4.56. The van der Waals surface area contributed by atoms with Crippen LogP contribution >= 0.6 is 0 Å². The highest BCUT2D eigenvalue weighted by atomic mass is 16.5. The van der Waals surface area contributed by atoms with E-state index >= 15 is 0 Å². The number of carbonyl (C=O) groups is 2. The zero-order valence-electron chi connectivity index (χ0n) is 7.45. The Balaban J connectivity index is 2.44. The van der Waals surface area contributed by atoms with Crippen molar-refractivity contribution >= 4 is 11.9 Å². The lowest BCUT2D eigenvalue weighted by Crippen LogP contribution is -2.26. The lowest BCUT2D eigenvalue weighted by atomic mass is 10.0. The van der Waals surface area contributed by atoms with Crippen molar-refractivity contribution in [1.82, 2.24) is 5.48 Å². The fourth-order valence-corrected chi connectivity index (χ4v) is 1.69. The molecule has 13 heavy (non-hydrogen) atoms. The van der Waals surface area contributed by atoms with E-state index in [1.807, 2.05) is 0 Å². The van der Waals surface area contributed by atoms with Crippen LogP contribution in [-0.2, 0) is 14.3 Å². The van der Waals surface area contributed by atoms with Gasteiger partial charge in [0.25, 0.3) is 0 Å². The van der Waals surface area contributed by atoms with Crippen molar-refractivity contribution in [2.24, 2.45) is 11.8 Å². The molecule has 0 aromatic rings. The standard InChI is InChI=1S/C8H13NO4/c1-13-8(11)6-3-2-5(4-6)7(10)9-12/h5-6,12H,2-4H2,1H3,(H,9,10)/t5-,6+/m1/s1. The predicted molar refractivity (Wildman–Crippen MR) is 42.8 cm³/mol. The smallest absolute Gasteiger partial charge is 0.308 e. The van der Waals surface area contributed by atoms with Crippen molar-refractivity contribution in [3.63, 3.8) is 0 Å². The highest BCUT2D eigenvalue weighted by Gasteiger charge is 2.34. The first-order chi connectivity index (χ1) is 6.19. The molecule has 1 amide bonds. The molecule has 0 spiro atoms. The molecule has 1 fully saturated rings. The number of ether oxygens (including phenoxy) is 1. The normalized spacial score (nSPS) is 26.9. The average molecular weight is 187 g/mol. The van der Waals surface area contributed by atoms with Gasteiger partial charge in [0.05, 0.1) is 13.0 Å². The van der Waals surface area contributed by atoms with E-state index in [2.05, 4.69) is 4.74 Å². The van der Waals surface area contributed by atoms with Gasteiger partial charge >= 0.3 is 5.97 Å². The molecule has 0 bridgehead atoms. The molecule has 5 nitrogen and oxygen atoms in total. The number of nitrogens with one attached hydrogen (secondary N) is 1. The number of amides is 1. The number of hydroxylamine groups is 1. The van der Waals surface area contributed by atoms with Crippen molar-refractivity contribution in [1.29, 1.82) is 0 Å². The Kier molecular flexibility index (Phi) is 3.25. The minimum absolute atomic E-state index is 0.188. The van der Waals surface area contributed by atoms with Gasteiger partial charge in [0.1, 0.15) is 0 Å². The van der Waals surface area contributed by atoms with E-state index in [0.717, 1.165) is 0 Å². The number of methoxy groups -OCH3 is 1. The summed E-state index contributed by atoms with van der Waals surface area (Å²) in [5.41, 5.74) is 1.59. The molecule has 2 atom stereocenters. The molecule has 0 aromatic carbocycles. The average Bonchev–Trinajstić information content (AvgIpc) is 2.64. The summed E-state index contributed by atoms with van der Waals surface area (Å²) in [5.74, 6) is -1.12. The Hall–Kier alpha value is -1.10. The van der Waals surface area contributed by atoms with Crippen LogP contribution in [0.3, 0.4) is 0 Å². The van der Waals surface area contributed by atoms with Gasteiger partial charge in [-0.3, -0.25) is 14.8 Å². The Bertz CT molecular complexity index is 194. The van der Waals surface area contributed by atoms with Crippen LogP contribution in [-0.4, -0.2) is 24.2 Å². The highest BCUT2D eigenvalue weighted by Crippen LogP contribution is 2.31. The van der Waals surface area contributed by atoms with Crippen molar-refractivity contribution in [2.75, 3.05) is 7.11 Å². The van der Waals surface area contributed by atoms with Gasteiger partial charge in [-0.2, -0.15) is 0 Å². The van der Waals surface area contributed by atoms with Gasteiger partial charge in [0.2, 0.25) is 5.91 Å². The van der Waals surface area contributed by atoms with Crippen LogP contribution in [0.4, 0.5) is 0 Å². The summed E-state index contributed by atoms with van der Waals surface area (Å²) in [6.45, 7) is 0. The Morgan fingerprint density at radius 1 is 1.38 bits per heavy atom. The summed E-state index contributed by atoms with van der Waals surface area (Å²) in [4.78, 5) is 22.0. The van der Waals surface area contributed by atoms with E-state index in [1.54, 1.807) is 5.48 Å². The molecular weight excluding hydrogens is 174 g/mol. The zero-order valence-corrected chi connectivity index (χ0v) is 7.45. The molecule has 1 rings (SSSR count). The SMILES string of the molecule is COC(=O)[C@H]1CC[C@@H](C(=O)NO)C1. The van der Waals surface area contributed by atoms with Crippen LogP contribution in [0.25, 0.3) is 0 Å². The maximum atomic E-state index is 11.1. The van der Waals surface area contributed by atoms with E-state index in [9.17, 15) is 9.59 Å². The van der Waals surface area contributed by atoms with Gasteiger partial charge in [-0.15, -0.1) is 0 Å². The molecule has 1 aliphatic carbocycles. The second-order valence-corrected chi connectivity index (χ2v) is 3.21. The first kappa shape index (κ1) is 9.98.